The number of thiazole rings is 1. The Kier molecular flexibility index (Phi) is 4.90. The molecule has 0 aliphatic rings. The molecule has 1 N–H and O–H groups in total. The molecule has 0 spiro atoms. The molecule has 1 aromatic heterocycles. The number of carbonyl (C=O) groups excluding carboxylic acids is 1. The van der Waals surface area contributed by atoms with E-state index < -0.39 is 0 Å². The molecular formula is C19H20N2O3S. The molecule has 130 valence electrons. The highest BCUT2D eigenvalue weighted by Crippen LogP contribution is 2.36. The molecule has 0 aliphatic carbocycles. The van der Waals surface area contributed by atoms with Gasteiger partial charge in [-0.15, -0.1) is 0 Å². The molecule has 0 fully saturated rings. The zero-order valence-electron chi connectivity index (χ0n) is 14.6. The fraction of sp³-hybridized carbons (Fsp3) is 0.263. The summed E-state index contributed by atoms with van der Waals surface area (Å²) in [4.78, 5) is 16.9. The van der Waals surface area contributed by atoms with Crippen molar-refractivity contribution in [1.82, 2.24) is 4.98 Å². The predicted octanol–water partition coefficient (Wildman–Crippen LogP) is 4.69. The zero-order valence-corrected chi connectivity index (χ0v) is 15.4. The van der Waals surface area contributed by atoms with Crippen LogP contribution in [0.3, 0.4) is 0 Å². The summed E-state index contributed by atoms with van der Waals surface area (Å²) >= 11 is 1.38. The molecule has 0 saturated carbocycles. The number of fused-ring (bicyclic) bond motifs is 1. The highest BCUT2D eigenvalue weighted by Gasteiger charge is 2.14. The van der Waals surface area contributed by atoms with E-state index in [1.165, 1.54) is 16.9 Å². The molecule has 25 heavy (non-hydrogen) atoms. The van der Waals surface area contributed by atoms with Crippen molar-refractivity contribution in [3.8, 4) is 11.5 Å². The van der Waals surface area contributed by atoms with Crippen molar-refractivity contribution in [3.05, 3.63) is 47.5 Å². The summed E-state index contributed by atoms with van der Waals surface area (Å²) < 4.78 is 11.5. The number of aromatic nitrogens is 1. The minimum atomic E-state index is -0.180. The topological polar surface area (TPSA) is 60.5 Å². The third-order valence-corrected chi connectivity index (χ3v) is 4.87. The summed E-state index contributed by atoms with van der Waals surface area (Å²) in [6.45, 7) is 4.25. The van der Waals surface area contributed by atoms with E-state index in [4.69, 9.17) is 9.47 Å². The first-order valence-electron chi connectivity index (χ1n) is 7.95. The molecule has 3 aromatic rings. The van der Waals surface area contributed by atoms with Crippen LogP contribution < -0.4 is 14.8 Å². The van der Waals surface area contributed by atoms with Crippen molar-refractivity contribution in [1.29, 1.82) is 0 Å². The summed E-state index contributed by atoms with van der Waals surface area (Å²) in [5, 5.41) is 3.38. The van der Waals surface area contributed by atoms with Crippen LogP contribution in [0.2, 0.25) is 0 Å². The van der Waals surface area contributed by atoms with Gasteiger partial charge in [-0.2, -0.15) is 0 Å². The van der Waals surface area contributed by atoms with Crippen molar-refractivity contribution < 1.29 is 14.3 Å². The van der Waals surface area contributed by atoms with E-state index >= 15 is 0 Å². The number of ether oxygens (including phenoxy) is 2. The maximum Gasteiger partial charge on any atom is 0.257 e. The summed E-state index contributed by atoms with van der Waals surface area (Å²) in [5.41, 5.74) is 2.51. The van der Waals surface area contributed by atoms with Crippen LogP contribution in [0.15, 0.2) is 36.4 Å². The second-order valence-electron chi connectivity index (χ2n) is 5.93. The van der Waals surface area contributed by atoms with Gasteiger partial charge in [0.1, 0.15) is 17.0 Å². The average molecular weight is 356 g/mol. The maximum atomic E-state index is 12.4. The van der Waals surface area contributed by atoms with Gasteiger partial charge in [0.2, 0.25) is 0 Å². The summed E-state index contributed by atoms with van der Waals surface area (Å²) in [6, 6.07) is 11.3. The Hall–Kier alpha value is -2.60. The van der Waals surface area contributed by atoms with Crippen LogP contribution in [0, 0.1) is 0 Å². The highest BCUT2D eigenvalue weighted by atomic mass is 32.1. The molecule has 2 aromatic carbocycles. The average Bonchev–Trinajstić information content (AvgIpc) is 3.02. The normalized spacial score (nSPS) is 10.9. The first-order valence-corrected chi connectivity index (χ1v) is 8.77. The van der Waals surface area contributed by atoms with Gasteiger partial charge < -0.3 is 9.47 Å². The number of nitrogens with one attached hydrogen (secondary N) is 1. The number of hydrogen-bond acceptors (Lipinski definition) is 5. The van der Waals surface area contributed by atoms with E-state index in [-0.39, 0.29) is 5.91 Å². The zero-order chi connectivity index (χ0) is 18.0. The monoisotopic (exact) mass is 356 g/mol. The molecule has 0 saturated heterocycles. The van der Waals surface area contributed by atoms with Crippen LogP contribution >= 0.6 is 11.3 Å². The Bertz CT molecular complexity index is 901. The molecule has 1 amide bonds. The quantitative estimate of drug-likeness (QED) is 0.720. The number of anilines is 1. The molecule has 0 radical (unpaired) electrons. The van der Waals surface area contributed by atoms with E-state index in [0.717, 1.165) is 4.70 Å². The van der Waals surface area contributed by atoms with E-state index in [9.17, 15) is 4.79 Å². The second kappa shape index (κ2) is 7.11. The number of hydrogen-bond donors (Lipinski definition) is 1. The lowest BCUT2D eigenvalue weighted by atomic mass is 10.0. The Morgan fingerprint density at radius 3 is 2.44 bits per heavy atom. The van der Waals surface area contributed by atoms with Gasteiger partial charge in [-0.25, -0.2) is 4.98 Å². The molecule has 0 aliphatic heterocycles. The van der Waals surface area contributed by atoms with Crippen molar-refractivity contribution in [2.45, 2.75) is 19.8 Å². The molecule has 0 atom stereocenters. The number of amides is 1. The van der Waals surface area contributed by atoms with Crippen molar-refractivity contribution in [2.24, 2.45) is 0 Å². The number of carbonyl (C=O) groups is 1. The Balaban J connectivity index is 1.86. The molecule has 1 heterocycles. The van der Waals surface area contributed by atoms with Gasteiger partial charge in [0.25, 0.3) is 5.91 Å². The predicted molar refractivity (Wildman–Crippen MR) is 101 cm³/mol. The Labute approximate surface area is 150 Å². The fourth-order valence-corrected chi connectivity index (χ4v) is 3.40. The number of rotatable bonds is 5. The van der Waals surface area contributed by atoms with Gasteiger partial charge in [-0.1, -0.05) is 37.3 Å². The lowest BCUT2D eigenvalue weighted by Gasteiger charge is -2.06. The van der Waals surface area contributed by atoms with Gasteiger partial charge in [0, 0.05) is 11.6 Å². The van der Waals surface area contributed by atoms with Crippen LogP contribution in [0.5, 0.6) is 11.5 Å². The van der Waals surface area contributed by atoms with Crippen LogP contribution in [0.4, 0.5) is 5.13 Å². The standard InChI is InChI=1S/C19H20N2O3S/c1-11(2)12-5-7-13(8-6-12)18(22)21-19-20-17-15(24-4)9-14(23-3)10-16(17)25-19/h5-11H,1-4H3,(H,20,21,22). The Morgan fingerprint density at radius 2 is 1.84 bits per heavy atom. The molecule has 0 unspecified atom stereocenters. The van der Waals surface area contributed by atoms with Gasteiger partial charge in [0.05, 0.1) is 18.9 Å². The summed E-state index contributed by atoms with van der Waals surface area (Å²) in [5.74, 6) is 1.56. The highest BCUT2D eigenvalue weighted by molar-refractivity contribution is 7.22. The first-order chi connectivity index (χ1) is 12.0. The van der Waals surface area contributed by atoms with Gasteiger partial charge in [-0.3, -0.25) is 10.1 Å². The van der Waals surface area contributed by atoms with Gasteiger partial charge in [-0.05, 0) is 29.7 Å². The SMILES string of the molecule is COc1cc(OC)c2nc(NC(=O)c3ccc(C(C)C)cc3)sc2c1. The Morgan fingerprint density at radius 1 is 1.12 bits per heavy atom. The molecular weight excluding hydrogens is 336 g/mol. The lowest BCUT2D eigenvalue weighted by molar-refractivity contribution is 0.102. The second-order valence-corrected chi connectivity index (χ2v) is 6.96. The van der Waals surface area contributed by atoms with Crippen molar-refractivity contribution in [2.75, 3.05) is 19.5 Å². The minimum Gasteiger partial charge on any atom is -0.497 e. The third-order valence-electron chi connectivity index (χ3n) is 3.95. The lowest BCUT2D eigenvalue weighted by Crippen LogP contribution is -2.11. The molecule has 0 bridgehead atoms. The van der Waals surface area contributed by atoms with Crippen LogP contribution in [-0.2, 0) is 0 Å². The minimum absolute atomic E-state index is 0.180. The van der Waals surface area contributed by atoms with E-state index in [0.29, 0.717) is 33.6 Å². The molecule has 3 rings (SSSR count). The van der Waals surface area contributed by atoms with E-state index in [1.54, 1.807) is 20.3 Å². The maximum absolute atomic E-state index is 12.4. The van der Waals surface area contributed by atoms with E-state index in [2.05, 4.69) is 24.1 Å². The van der Waals surface area contributed by atoms with Crippen LogP contribution in [0.25, 0.3) is 10.2 Å². The van der Waals surface area contributed by atoms with Crippen molar-refractivity contribution >= 4 is 32.6 Å². The fourth-order valence-electron chi connectivity index (χ4n) is 2.49. The van der Waals surface area contributed by atoms with E-state index in [1.807, 2.05) is 30.3 Å². The third kappa shape index (κ3) is 3.58. The van der Waals surface area contributed by atoms with Crippen LogP contribution in [-0.4, -0.2) is 25.1 Å². The molecule has 6 heteroatoms. The number of methoxy groups -OCH3 is 2. The van der Waals surface area contributed by atoms with Crippen LogP contribution in [0.1, 0.15) is 35.7 Å². The van der Waals surface area contributed by atoms with Crippen molar-refractivity contribution in [3.63, 3.8) is 0 Å². The largest absolute Gasteiger partial charge is 0.497 e. The summed E-state index contributed by atoms with van der Waals surface area (Å²) in [7, 11) is 3.19. The van der Waals surface area contributed by atoms with Gasteiger partial charge >= 0.3 is 0 Å². The van der Waals surface area contributed by atoms with Gasteiger partial charge in [0.15, 0.2) is 5.13 Å². The summed E-state index contributed by atoms with van der Waals surface area (Å²) in [6.07, 6.45) is 0. The number of nitrogens with zero attached hydrogens (tertiary/aromatic N) is 1. The molecule has 5 nitrogen and oxygen atoms in total. The number of benzene rings is 2. The smallest absolute Gasteiger partial charge is 0.257 e. The first kappa shape index (κ1) is 17.2.